The van der Waals surface area contributed by atoms with E-state index in [1.807, 2.05) is 9.80 Å². The fourth-order valence-corrected chi connectivity index (χ4v) is 3.87. The Morgan fingerprint density at radius 3 is 2.13 bits per heavy atom. The molecule has 0 aromatic carbocycles. The number of hydrogen-bond donors (Lipinski definition) is 2. The largest absolute Gasteiger partial charge is 0.349 e. The predicted molar refractivity (Wildman–Crippen MR) is 88.8 cm³/mol. The van der Waals surface area contributed by atoms with E-state index in [0.29, 0.717) is 25.6 Å². The molecule has 130 valence electrons. The number of nitrogens with zero attached hydrogens (tertiary/aromatic N) is 2. The van der Waals surface area contributed by atoms with Crippen molar-refractivity contribution in [2.75, 3.05) is 32.7 Å². The molecule has 0 bridgehead atoms. The zero-order chi connectivity index (χ0) is 16.4. The Hall–Kier alpha value is -1.30. The van der Waals surface area contributed by atoms with Crippen LogP contribution in [0, 0.1) is 11.8 Å². The Kier molecular flexibility index (Phi) is 4.80. The molecule has 1 atom stereocenters. The van der Waals surface area contributed by atoms with E-state index in [1.165, 1.54) is 0 Å². The van der Waals surface area contributed by atoms with Gasteiger partial charge < -0.3 is 20.9 Å². The summed E-state index contributed by atoms with van der Waals surface area (Å²) in [5.41, 5.74) is 5.63. The normalized spacial score (nSPS) is 25.3. The lowest BCUT2D eigenvalue weighted by molar-refractivity contribution is -0.128. The Balaban J connectivity index is 1.48. The van der Waals surface area contributed by atoms with Gasteiger partial charge in [-0.25, -0.2) is 4.79 Å². The quantitative estimate of drug-likeness (QED) is 0.815. The van der Waals surface area contributed by atoms with Crippen LogP contribution in [0.5, 0.6) is 0 Å². The molecule has 3 amide bonds. The van der Waals surface area contributed by atoms with Crippen LogP contribution in [-0.4, -0.2) is 60.0 Å². The van der Waals surface area contributed by atoms with Gasteiger partial charge in [0.15, 0.2) is 0 Å². The van der Waals surface area contributed by atoms with Gasteiger partial charge in [-0.2, -0.15) is 0 Å². The minimum absolute atomic E-state index is 0.0160. The first-order valence-corrected chi connectivity index (χ1v) is 9.09. The van der Waals surface area contributed by atoms with Crippen molar-refractivity contribution < 1.29 is 9.59 Å². The smallest absolute Gasteiger partial charge is 0.319 e. The first-order chi connectivity index (χ1) is 11.0. The lowest BCUT2D eigenvalue weighted by Gasteiger charge is -2.36. The lowest BCUT2D eigenvalue weighted by atomic mass is 9.91. The summed E-state index contributed by atoms with van der Waals surface area (Å²) in [6.45, 7) is 5.71. The van der Waals surface area contributed by atoms with E-state index in [2.05, 4.69) is 12.2 Å². The van der Waals surface area contributed by atoms with Crippen molar-refractivity contribution in [3.8, 4) is 0 Å². The minimum Gasteiger partial charge on any atom is -0.349 e. The van der Waals surface area contributed by atoms with Crippen molar-refractivity contribution in [1.29, 1.82) is 0 Å². The van der Waals surface area contributed by atoms with Gasteiger partial charge in [-0.3, -0.25) is 4.79 Å². The molecule has 0 spiro atoms. The van der Waals surface area contributed by atoms with Gasteiger partial charge in [-0.05, 0) is 51.4 Å². The maximum Gasteiger partial charge on any atom is 0.319 e. The highest BCUT2D eigenvalue weighted by Crippen LogP contribution is 2.39. The van der Waals surface area contributed by atoms with Gasteiger partial charge in [0.2, 0.25) is 5.91 Å². The fraction of sp³-hybridized carbons (Fsp3) is 0.882. The second kappa shape index (κ2) is 6.67. The van der Waals surface area contributed by atoms with Crippen LogP contribution in [-0.2, 0) is 4.79 Å². The van der Waals surface area contributed by atoms with Gasteiger partial charge in [0.05, 0.1) is 5.54 Å². The van der Waals surface area contributed by atoms with Crippen molar-refractivity contribution in [3.05, 3.63) is 0 Å². The van der Waals surface area contributed by atoms with Crippen LogP contribution in [0.2, 0.25) is 0 Å². The topological polar surface area (TPSA) is 78.7 Å². The monoisotopic (exact) mass is 322 g/mol. The molecule has 6 heteroatoms. The molecule has 0 aromatic rings. The maximum atomic E-state index is 12.6. The summed E-state index contributed by atoms with van der Waals surface area (Å²) in [6.07, 6.45) is 6.08. The van der Waals surface area contributed by atoms with E-state index in [-0.39, 0.29) is 23.4 Å². The summed E-state index contributed by atoms with van der Waals surface area (Å²) in [4.78, 5) is 28.8. The Bertz CT molecular complexity index is 452. The molecule has 0 radical (unpaired) electrons. The Morgan fingerprint density at radius 1 is 1.04 bits per heavy atom. The molecule has 0 aromatic heterocycles. The molecule has 3 rings (SSSR count). The van der Waals surface area contributed by atoms with E-state index in [4.69, 9.17) is 5.73 Å². The zero-order valence-corrected chi connectivity index (χ0v) is 14.2. The van der Waals surface area contributed by atoms with Crippen molar-refractivity contribution in [2.45, 2.75) is 51.0 Å². The van der Waals surface area contributed by atoms with Crippen molar-refractivity contribution >= 4 is 11.9 Å². The van der Waals surface area contributed by atoms with Crippen LogP contribution >= 0.6 is 0 Å². The summed E-state index contributed by atoms with van der Waals surface area (Å²) in [7, 11) is 0. The number of likely N-dealkylation sites (tertiary alicyclic amines) is 2. The van der Waals surface area contributed by atoms with Gasteiger partial charge >= 0.3 is 6.03 Å². The van der Waals surface area contributed by atoms with Crippen molar-refractivity contribution in [3.63, 3.8) is 0 Å². The SMILES string of the molecule is CC(CN)(NC(=O)C1CCN(C(=O)N2CCCC2)CC1)C1CC1. The summed E-state index contributed by atoms with van der Waals surface area (Å²) in [6, 6.07) is 0.158. The molecule has 3 aliphatic rings. The number of nitrogens with two attached hydrogens (primary N) is 1. The third-order valence-corrected chi connectivity index (χ3v) is 5.82. The summed E-state index contributed by atoms with van der Waals surface area (Å²) in [5.74, 6) is 0.675. The highest BCUT2D eigenvalue weighted by Gasteiger charge is 2.42. The zero-order valence-electron chi connectivity index (χ0n) is 14.2. The first kappa shape index (κ1) is 16.6. The van der Waals surface area contributed by atoms with E-state index < -0.39 is 0 Å². The maximum absolute atomic E-state index is 12.6. The number of piperidine rings is 1. The van der Waals surface area contributed by atoms with Crippen LogP contribution in [0.1, 0.15) is 45.4 Å². The Labute approximate surface area is 138 Å². The molecule has 1 unspecified atom stereocenters. The average molecular weight is 322 g/mol. The minimum atomic E-state index is -0.250. The fourth-order valence-electron chi connectivity index (χ4n) is 3.87. The van der Waals surface area contributed by atoms with Crippen molar-refractivity contribution in [2.24, 2.45) is 17.6 Å². The highest BCUT2D eigenvalue weighted by atomic mass is 16.2. The molecule has 1 saturated carbocycles. The molecule has 3 N–H and O–H groups in total. The number of amides is 3. The van der Waals surface area contributed by atoms with E-state index >= 15 is 0 Å². The number of urea groups is 1. The molecule has 2 heterocycles. The lowest BCUT2D eigenvalue weighted by Crippen LogP contribution is -2.56. The Morgan fingerprint density at radius 2 is 1.61 bits per heavy atom. The van der Waals surface area contributed by atoms with Gasteiger partial charge in [-0.15, -0.1) is 0 Å². The van der Waals surface area contributed by atoms with Gasteiger partial charge in [0, 0.05) is 38.6 Å². The third kappa shape index (κ3) is 3.62. The number of nitrogens with one attached hydrogen (secondary N) is 1. The number of carbonyl (C=O) groups excluding carboxylic acids is 2. The van der Waals surface area contributed by atoms with E-state index in [9.17, 15) is 9.59 Å². The average Bonchev–Trinajstić information content (AvgIpc) is 3.30. The predicted octanol–water partition coefficient (Wildman–Crippen LogP) is 1.16. The second-order valence-electron chi connectivity index (χ2n) is 7.62. The first-order valence-electron chi connectivity index (χ1n) is 9.09. The molecule has 1 aliphatic carbocycles. The van der Waals surface area contributed by atoms with Gasteiger partial charge in [0.1, 0.15) is 0 Å². The van der Waals surface area contributed by atoms with Gasteiger partial charge in [0.25, 0.3) is 0 Å². The van der Waals surface area contributed by atoms with E-state index in [1.54, 1.807) is 0 Å². The van der Waals surface area contributed by atoms with E-state index in [0.717, 1.165) is 51.6 Å². The molecule has 3 fully saturated rings. The van der Waals surface area contributed by atoms with Crippen LogP contribution in [0.4, 0.5) is 4.79 Å². The van der Waals surface area contributed by atoms with Crippen LogP contribution < -0.4 is 11.1 Å². The summed E-state index contributed by atoms with van der Waals surface area (Å²) in [5, 5.41) is 3.20. The molecular formula is C17H30N4O2. The number of rotatable bonds is 4. The standard InChI is InChI=1S/C17H30N4O2/c1-17(12-18,14-4-5-14)19-15(22)13-6-10-21(11-7-13)16(23)20-8-2-3-9-20/h13-14H,2-12,18H2,1H3,(H,19,22). The number of carbonyl (C=O) groups is 2. The summed E-state index contributed by atoms with van der Waals surface area (Å²) >= 11 is 0. The van der Waals surface area contributed by atoms with Crippen LogP contribution in [0.15, 0.2) is 0 Å². The molecule has 23 heavy (non-hydrogen) atoms. The highest BCUT2D eigenvalue weighted by molar-refractivity contribution is 5.80. The third-order valence-electron chi connectivity index (χ3n) is 5.82. The molecule has 2 saturated heterocycles. The molecule has 6 nitrogen and oxygen atoms in total. The van der Waals surface area contributed by atoms with Crippen LogP contribution in [0.3, 0.4) is 0 Å². The molecular weight excluding hydrogens is 292 g/mol. The van der Waals surface area contributed by atoms with Gasteiger partial charge in [-0.1, -0.05) is 0 Å². The molecule has 2 aliphatic heterocycles. The second-order valence-corrected chi connectivity index (χ2v) is 7.62. The van der Waals surface area contributed by atoms with Crippen LogP contribution in [0.25, 0.3) is 0 Å². The number of hydrogen-bond acceptors (Lipinski definition) is 3. The van der Waals surface area contributed by atoms with Crippen molar-refractivity contribution in [1.82, 2.24) is 15.1 Å². The summed E-state index contributed by atoms with van der Waals surface area (Å²) < 4.78 is 0.